The second kappa shape index (κ2) is 8.33. The van der Waals surface area contributed by atoms with Crippen LogP contribution < -0.4 is 5.32 Å². The van der Waals surface area contributed by atoms with Gasteiger partial charge in [0.15, 0.2) is 0 Å². The summed E-state index contributed by atoms with van der Waals surface area (Å²) in [7, 11) is 0. The number of rotatable bonds is 6. The van der Waals surface area contributed by atoms with Gasteiger partial charge in [-0.15, -0.1) is 0 Å². The van der Waals surface area contributed by atoms with E-state index in [1.54, 1.807) is 24.4 Å². The molecule has 4 rings (SSSR count). The van der Waals surface area contributed by atoms with Gasteiger partial charge in [0.2, 0.25) is 0 Å². The fourth-order valence-electron chi connectivity index (χ4n) is 3.53. The fourth-order valence-corrected chi connectivity index (χ4v) is 3.53. The predicted molar refractivity (Wildman–Crippen MR) is 108 cm³/mol. The van der Waals surface area contributed by atoms with Crippen molar-refractivity contribution in [1.82, 2.24) is 9.88 Å². The molecule has 2 aromatic carbocycles. The Morgan fingerprint density at radius 3 is 2.64 bits per heavy atom. The molecule has 3 aromatic rings. The number of benzene rings is 2. The predicted octanol–water partition coefficient (Wildman–Crippen LogP) is 3.59. The molecule has 0 unspecified atom stereocenters. The average molecular weight is 378 g/mol. The Morgan fingerprint density at radius 2 is 1.86 bits per heavy atom. The summed E-state index contributed by atoms with van der Waals surface area (Å²) >= 11 is 0. The van der Waals surface area contributed by atoms with Crippen LogP contribution in [-0.2, 0) is 17.8 Å². The van der Waals surface area contributed by atoms with Crippen LogP contribution in [0.3, 0.4) is 0 Å². The summed E-state index contributed by atoms with van der Waals surface area (Å²) in [5.74, 6) is 0. The van der Waals surface area contributed by atoms with Gasteiger partial charge in [-0.1, -0.05) is 24.3 Å². The van der Waals surface area contributed by atoms with E-state index >= 15 is 0 Å². The molecule has 7 nitrogen and oxygen atoms in total. The molecule has 144 valence electrons. The highest BCUT2D eigenvalue weighted by atomic mass is 16.6. The SMILES string of the molecule is O=[N+]([O-])c1ccc(NCc2ccccc2CN2CCOCC2)c2ncccc12. The Morgan fingerprint density at radius 1 is 1.07 bits per heavy atom. The summed E-state index contributed by atoms with van der Waals surface area (Å²) < 4.78 is 5.43. The van der Waals surface area contributed by atoms with Gasteiger partial charge in [0.05, 0.1) is 29.2 Å². The lowest BCUT2D eigenvalue weighted by Gasteiger charge is -2.27. The molecule has 1 aliphatic rings. The van der Waals surface area contributed by atoms with E-state index in [4.69, 9.17) is 4.74 Å². The highest BCUT2D eigenvalue weighted by Crippen LogP contribution is 2.30. The topological polar surface area (TPSA) is 80.5 Å². The van der Waals surface area contributed by atoms with Crippen molar-refractivity contribution >= 4 is 22.3 Å². The van der Waals surface area contributed by atoms with Crippen LogP contribution >= 0.6 is 0 Å². The number of nitrogens with one attached hydrogen (secondary N) is 1. The Hall–Kier alpha value is -3.03. The minimum atomic E-state index is -0.370. The summed E-state index contributed by atoms with van der Waals surface area (Å²) in [6, 6.07) is 15.1. The number of anilines is 1. The molecule has 0 aliphatic carbocycles. The van der Waals surface area contributed by atoms with Crippen molar-refractivity contribution in [2.75, 3.05) is 31.6 Å². The number of morpholine rings is 1. The van der Waals surface area contributed by atoms with Gasteiger partial charge >= 0.3 is 0 Å². The number of non-ortho nitro benzene ring substituents is 1. The molecule has 0 spiro atoms. The first kappa shape index (κ1) is 18.3. The third-order valence-corrected chi connectivity index (χ3v) is 5.03. The molecular formula is C21H22N4O3. The van der Waals surface area contributed by atoms with E-state index in [1.165, 1.54) is 17.2 Å². The molecule has 0 amide bonds. The average Bonchev–Trinajstić information content (AvgIpc) is 2.73. The van der Waals surface area contributed by atoms with Gasteiger partial charge in [0.1, 0.15) is 5.52 Å². The molecule has 28 heavy (non-hydrogen) atoms. The maximum Gasteiger partial charge on any atom is 0.278 e. The first-order chi connectivity index (χ1) is 13.7. The van der Waals surface area contributed by atoms with E-state index in [0.29, 0.717) is 17.4 Å². The quantitative estimate of drug-likeness (QED) is 0.522. The van der Waals surface area contributed by atoms with E-state index in [2.05, 4.69) is 33.4 Å². The van der Waals surface area contributed by atoms with E-state index in [1.807, 2.05) is 6.07 Å². The van der Waals surface area contributed by atoms with Gasteiger partial charge in [-0.05, 0) is 29.3 Å². The van der Waals surface area contributed by atoms with Gasteiger partial charge in [0.25, 0.3) is 5.69 Å². The molecule has 1 aromatic heterocycles. The van der Waals surface area contributed by atoms with Crippen LogP contribution in [0, 0.1) is 10.1 Å². The van der Waals surface area contributed by atoms with E-state index in [-0.39, 0.29) is 10.6 Å². The van der Waals surface area contributed by atoms with Crippen molar-refractivity contribution in [2.24, 2.45) is 0 Å². The zero-order valence-corrected chi connectivity index (χ0v) is 15.5. The number of nitrogens with zero attached hydrogens (tertiary/aromatic N) is 3. The monoisotopic (exact) mass is 378 g/mol. The van der Waals surface area contributed by atoms with Gasteiger partial charge in [-0.3, -0.25) is 20.0 Å². The zero-order chi connectivity index (χ0) is 19.3. The van der Waals surface area contributed by atoms with Crippen LogP contribution in [0.2, 0.25) is 0 Å². The summed E-state index contributed by atoms with van der Waals surface area (Å²) in [5.41, 5.74) is 3.96. The third-order valence-electron chi connectivity index (χ3n) is 5.03. The number of hydrogen-bond acceptors (Lipinski definition) is 6. The number of aromatic nitrogens is 1. The molecule has 1 saturated heterocycles. The van der Waals surface area contributed by atoms with Crippen LogP contribution in [0.5, 0.6) is 0 Å². The Labute approximate surface area is 163 Å². The minimum absolute atomic E-state index is 0.0707. The first-order valence-corrected chi connectivity index (χ1v) is 9.35. The maximum absolute atomic E-state index is 11.3. The largest absolute Gasteiger partial charge is 0.379 e. The second-order valence-corrected chi connectivity index (χ2v) is 6.80. The van der Waals surface area contributed by atoms with Crippen molar-refractivity contribution in [3.8, 4) is 0 Å². The lowest BCUT2D eigenvalue weighted by molar-refractivity contribution is -0.383. The van der Waals surface area contributed by atoms with Gasteiger partial charge in [-0.25, -0.2) is 0 Å². The van der Waals surface area contributed by atoms with E-state index < -0.39 is 0 Å². The zero-order valence-electron chi connectivity index (χ0n) is 15.5. The van der Waals surface area contributed by atoms with Crippen molar-refractivity contribution in [2.45, 2.75) is 13.1 Å². The molecule has 7 heteroatoms. The van der Waals surface area contributed by atoms with Gasteiger partial charge in [0, 0.05) is 38.4 Å². The highest BCUT2D eigenvalue weighted by molar-refractivity contribution is 5.96. The molecule has 1 fully saturated rings. The van der Waals surface area contributed by atoms with E-state index in [0.717, 1.165) is 38.5 Å². The van der Waals surface area contributed by atoms with Crippen LogP contribution in [0.25, 0.3) is 10.9 Å². The molecule has 0 saturated carbocycles. The maximum atomic E-state index is 11.3. The lowest BCUT2D eigenvalue weighted by Crippen LogP contribution is -2.35. The summed E-state index contributed by atoms with van der Waals surface area (Å²) in [6.07, 6.45) is 1.66. The smallest absolute Gasteiger partial charge is 0.278 e. The van der Waals surface area contributed by atoms with Crippen molar-refractivity contribution < 1.29 is 9.66 Å². The number of nitro groups is 1. The number of pyridine rings is 1. The first-order valence-electron chi connectivity index (χ1n) is 9.35. The van der Waals surface area contributed by atoms with Gasteiger partial charge < -0.3 is 10.1 Å². The molecule has 0 atom stereocenters. The number of nitro benzene ring substituents is 1. The Kier molecular flexibility index (Phi) is 5.45. The molecular weight excluding hydrogens is 356 g/mol. The van der Waals surface area contributed by atoms with Gasteiger partial charge in [-0.2, -0.15) is 0 Å². The fraction of sp³-hybridized carbons (Fsp3) is 0.286. The van der Waals surface area contributed by atoms with Crippen molar-refractivity contribution in [1.29, 1.82) is 0 Å². The number of fused-ring (bicyclic) bond motifs is 1. The van der Waals surface area contributed by atoms with Crippen LogP contribution in [-0.4, -0.2) is 41.1 Å². The Balaban J connectivity index is 1.55. The summed E-state index contributed by atoms with van der Waals surface area (Å²) in [4.78, 5) is 17.7. The van der Waals surface area contributed by atoms with E-state index in [9.17, 15) is 10.1 Å². The lowest BCUT2D eigenvalue weighted by atomic mass is 10.1. The highest BCUT2D eigenvalue weighted by Gasteiger charge is 2.16. The summed E-state index contributed by atoms with van der Waals surface area (Å²) in [5, 5.41) is 15.2. The van der Waals surface area contributed by atoms with Crippen LogP contribution in [0.1, 0.15) is 11.1 Å². The van der Waals surface area contributed by atoms with Crippen molar-refractivity contribution in [3.05, 3.63) is 76.0 Å². The minimum Gasteiger partial charge on any atom is -0.379 e. The number of ether oxygens (including phenoxy) is 1. The number of hydrogen-bond donors (Lipinski definition) is 1. The molecule has 1 aliphatic heterocycles. The Bertz CT molecular complexity index is 986. The molecule has 0 bridgehead atoms. The molecule has 1 N–H and O–H groups in total. The third kappa shape index (κ3) is 3.95. The molecule has 0 radical (unpaired) electrons. The molecule has 2 heterocycles. The normalized spacial score (nSPS) is 14.9. The van der Waals surface area contributed by atoms with Crippen LogP contribution in [0.4, 0.5) is 11.4 Å². The summed E-state index contributed by atoms with van der Waals surface area (Å²) in [6.45, 7) is 4.96. The second-order valence-electron chi connectivity index (χ2n) is 6.80. The van der Waals surface area contributed by atoms with Crippen molar-refractivity contribution in [3.63, 3.8) is 0 Å². The standard InChI is InChI=1S/C21H22N4O3/c26-25(27)20-8-7-19(21-18(20)6-3-9-22-21)23-14-16-4-1-2-5-17(16)15-24-10-12-28-13-11-24/h1-9,23H,10-15H2. The van der Waals surface area contributed by atoms with Crippen LogP contribution in [0.15, 0.2) is 54.7 Å².